The van der Waals surface area contributed by atoms with Crippen LogP contribution in [0.5, 0.6) is 0 Å². The highest BCUT2D eigenvalue weighted by molar-refractivity contribution is 5.80. The molecule has 6 nitrogen and oxygen atoms in total. The molecule has 15 heavy (non-hydrogen) atoms. The van der Waals surface area contributed by atoms with Crippen LogP contribution in [0, 0.1) is 0 Å². The maximum Gasteiger partial charge on any atom is 0.239 e. The fraction of sp³-hybridized carbons (Fsp3) is 0.444. The van der Waals surface area contributed by atoms with Gasteiger partial charge in [0.1, 0.15) is 5.82 Å². The van der Waals surface area contributed by atoms with E-state index >= 15 is 0 Å². The highest BCUT2D eigenvalue weighted by atomic mass is 16.1. The van der Waals surface area contributed by atoms with E-state index in [1.54, 1.807) is 24.2 Å². The van der Waals surface area contributed by atoms with Crippen LogP contribution in [0.2, 0.25) is 0 Å². The molecule has 1 heterocycles. The maximum absolute atomic E-state index is 11.2. The van der Waals surface area contributed by atoms with Gasteiger partial charge in [0.15, 0.2) is 0 Å². The summed E-state index contributed by atoms with van der Waals surface area (Å²) in [5.74, 6) is 0.791. The first-order valence-electron chi connectivity index (χ1n) is 4.71. The number of nitrogens with two attached hydrogens (primary N) is 1. The third-order valence-electron chi connectivity index (χ3n) is 1.94. The zero-order valence-corrected chi connectivity index (χ0v) is 8.90. The topological polar surface area (TPSA) is 84.1 Å². The van der Waals surface area contributed by atoms with Gasteiger partial charge in [-0.2, -0.15) is 4.98 Å². The lowest BCUT2D eigenvalue weighted by molar-refractivity contribution is -0.119. The predicted octanol–water partition coefficient (Wildman–Crippen LogP) is -0.369. The second kappa shape index (κ2) is 5.14. The molecule has 1 amide bonds. The molecular weight excluding hydrogens is 194 g/mol. The van der Waals surface area contributed by atoms with E-state index in [1.807, 2.05) is 6.92 Å². The molecule has 0 aliphatic rings. The molecule has 6 heteroatoms. The van der Waals surface area contributed by atoms with Crippen molar-refractivity contribution in [2.45, 2.75) is 6.92 Å². The first-order valence-corrected chi connectivity index (χ1v) is 4.71. The average molecular weight is 209 g/mol. The van der Waals surface area contributed by atoms with Gasteiger partial charge in [-0.25, -0.2) is 4.98 Å². The monoisotopic (exact) mass is 209 g/mol. The van der Waals surface area contributed by atoms with Gasteiger partial charge < -0.3 is 16.0 Å². The van der Waals surface area contributed by atoms with Crippen LogP contribution in [0.4, 0.5) is 11.8 Å². The molecule has 0 saturated heterocycles. The van der Waals surface area contributed by atoms with Gasteiger partial charge in [0.05, 0.1) is 6.54 Å². The number of likely N-dealkylation sites (N-methyl/N-ethyl adjacent to an activating group) is 2. The molecule has 0 radical (unpaired) electrons. The van der Waals surface area contributed by atoms with Crippen molar-refractivity contribution in [1.82, 2.24) is 15.3 Å². The minimum Gasteiger partial charge on any atom is -0.384 e. The van der Waals surface area contributed by atoms with E-state index in [1.165, 1.54) is 0 Å². The standard InChI is InChI=1S/C9H15N5O/c1-3-14(6-8(15)11-2)9-12-5-4-7(10)13-9/h4-5H,3,6H2,1-2H3,(H,11,15)(H2,10,12,13). The number of nitrogens with zero attached hydrogens (tertiary/aromatic N) is 3. The minimum atomic E-state index is -0.0807. The number of nitrogens with one attached hydrogen (secondary N) is 1. The van der Waals surface area contributed by atoms with Crippen molar-refractivity contribution in [1.29, 1.82) is 0 Å². The highest BCUT2D eigenvalue weighted by Gasteiger charge is 2.10. The first kappa shape index (κ1) is 11.2. The predicted molar refractivity (Wildman–Crippen MR) is 58.4 cm³/mol. The second-order valence-electron chi connectivity index (χ2n) is 2.97. The summed E-state index contributed by atoms with van der Waals surface area (Å²) in [5.41, 5.74) is 5.54. The van der Waals surface area contributed by atoms with E-state index in [-0.39, 0.29) is 12.5 Å². The van der Waals surface area contributed by atoms with Crippen molar-refractivity contribution in [3.63, 3.8) is 0 Å². The molecule has 0 bridgehead atoms. The van der Waals surface area contributed by atoms with E-state index in [0.29, 0.717) is 18.3 Å². The van der Waals surface area contributed by atoms with Crippen LogP contribution in [-0.4, -0.2) is 36.0 Å². The van der Waals surface area contributed by atoms with E-state index in [9.17, 15) is 4.79 Å². The van der Waals surface area contributed by atoms with Crippen LogP contribution in [0.1, 0.15) is 6.92 Å². The number of carbonyl (C=O) groups excluding carboxylic acids is 1. The lowest BCUT2D eigenvalue weighted by atomic mass is 10.4. The quantitative estimate of drug-likeness (QED) is 0.707. The van der Waals surface area contributed by atoms with Crippen LogP contribution < -0.4 is 16.0 Å². The molecule has 0 spiro atoms. The molecule has 0 aliphatic heterocycles. The number of hydrogen-bond acceptors (Lipinski definition) is 5. The molecule has 82 valence electrons. The third kappa shape index (κ3) is 3.08. The Balaban J connectivity index is 2.78. The summed E-state index contributed by atoms with van der Waals surface area (Å²) in [5, 5.41) is 2.55. The maximum atomic E-state index is 11.2. The minimum absolute atomic E-state index is 0.0807. The van der Waals surface area contributed by atoms with E-state index in [0.717, 1.165) is 0 Å². The van der Waals surface area contributed by atoms with Crippen molar-refractivity contribution in [2.24, 2.45) is 0 Å². The molecule has 3 N–H and O–H groups in total. The van der Waals surface area contributed by atoms with Gasteiger partial charge in [-0.1, -0.05) is 0 Å². The van der Waals surface area contributed by atoms with Gasteiger partial charge in [-0.05, 0) is 13.0 Å². The fourth-order valence-corrected chi connectivity index (χ4v) is 1.09. The number of aromatic nitrogens is 2. The Labute approximate surface area is 88.5 Å². The normalized spacial score (nSPS) is 9.73. The first-order chi connectivity index (χ1) is 7.17. The van der Waals surface area contributed by atoms with Crippen molar-refractivity contribution >= 4 is 17.7 Å². The van der Waals surface area contributed by atoms with Crippen molar-refractivity contribution in [2.75, 3.05) is 30.8 Å². The number of carbonyl (C=O) groups is 1. The average Bonchev–Trinajstić information content (AvgIpc) is 2.25. The molecule has 1 aromatic rings. The van der Waals surface area contributed by atoms with Crippen LogP contribution in [0.3, 0.4) is 0 Å². The molecule has 0 unspecified atom stereocenters. The summed E-state index contributed by atoms with van der Waals surface area (Å²) in [6, 6.07) is 1.61. The summed E-state index contributed by atoms with van der Waals surface area (Å²) >= 11 is 0. The number of nitrogen functional groups attached to an aromatic ring is 1. The largest absolute Gasteiger partial charge is 0.384 e. The van der Waals surface area contributed by atoms with Crippen LogP contribution in [0.25, 0.3) is 0 Å². The lowest BCUT2D eigenvalue weighted by Crippen LogP contribution is -2.36. The Morgan fingerprint density at radius 3 is 2.93 bits per heavy atom. The number of hydrogen-bond donors (Lipinski definition) is 2. The molecule has 0 saturated carbocycles. The van der Waals surface area contributed by atoms with Crippen LogP contribution in [-0.2, 0) is 4.79 Å². The smallest absolute Gasteiger partial charge is 0.239 e. The molecular formula is C9H15N5O. The van der Waals surface area contributed by atoms with Gasteiger partial charge in [-0.15, -0.1) is 0 Å². The fourth-order valence-electron chi connectivity index (χ4n) is 1.09. The second-order valence-corrected chi connectivity index (χ2v) is 2.97. The summed E-state index contributed by atoms with van der Waals surface area (Å²) in [6.45, 7) is 2.81. The molecule has 0 aromatic carbocycles. The molecule has 1 aromatic heterocycles. The molecule has 0 fully saturated rings. The van der Waals surface area contributed by atoms with E-state index in [2.05, 4.69) is 15.3 Å². The molecule has 1 rings (SSSR count). The Kier molecular flexibility index (Phi) is 3.84. The van der Waals surface area contributed by atoms with Crippen LogP contribution >= 0.6 is 0 Å². The van der Waals surface area contributed by atoms with Crippen molar-refractivity contribution in [3.8, 4) is 0 Å². The SMILES string of the molecule is CCN(CC(=O)NC)c1nccc(N)n1. The van der Waals surface area contributed by atoms with Crippen molar-refractivity contribution in [3.05, 3.63) is 12.3 Å². The highest BCUT2D eigenvalue weighted by Crippen LogP contribution is 2.07. The zero-order chi connectivity index (χ0) is 11.3. The molecule has 0 atom stereocenters. The van der Waals surface area contributed by atoms with Gasteiger partial charge in [0.25, 0.3) is 0 Å². The third-order valence-corrected chi connectivity index (χ3v) is 1.94. The Bertz CT molecular complexity index is 341. The molecule has 0 aliphatic carbocycles. The van der Waals surface area contributed by atoms with Gasteiger partial charge in [0.2, 0.25) is 11.9 Å². The number of rotatable bonds is 4. The van der Waals surface area contributed by atoms with E-state index < -0.39 is 0 Å². The number of anilines is 2. The number of amides is 1. The summed E-state index contributed by atoms with van der Waals surface area (Å²) in [6.07, 6.45) is 1.57. The Morgan fingerprint density at radius 2 is 2.40 bits per heavy atom. The lowest BCUT2D eigenvalue weighted by Gasteiger charge is -2.19. The summed E-state index contributed by atoms with van der Waals surface area (Å²) < 4.78 is 0. The zero-order valence-electron chi connectivity index (χ0n) is 8.90. The Hall–Kier alpha value is -1.85. The van der Waals surface area contributed by atoms with E-state index in [4.69, 9.17) is 5.73 Å². The van der Waals surface area contributed by atoms with Crippen molar-refractivity contribution < 1.29 is 4.79 Å². The summed E-state index contributed by atoms with van der Waals surface area (Å²) in [7, 11) is 1.59. The van der Waals surface area contributed by atoms with Gasteiger partial charge >= 0.3 is 0 Å². The van der Waals surface area contributed by atoms with Gasteiger partial charge in [-0.3, -0.25) is 4.79 Å². The summed E-state index contributed by atoms with van der Waals surface area (Å²) in [4.78, 5) is 21.0. The van der Waals surface area contributed by atoms with Gasteiger partial charge in [0, 0.05) is 19.8 Å². The Morgan fingerprint density at radius 1 is 1.67 bits per heavy atom. The van der Waals surface area contributed by atoms with Crippen LogP contribution in [0.15, 0.2) is 12.3 Å².